The molecule has 0 amide bonds. The van der Waals surface area contributed by atoms with Crippen LogP contribution in [0, 0.1) is 0 Å². The van der Waals surface area contributed by atoms with Crippen molar-refractivity contribution in [2.45, 2.75) is 26.7 Å². The van der Waals surface area contributed by atoms with E-state index >= 15 is 0 Å². The van der Waals surface area contributed by atoms with Crippen LogP contribution in [0.2, 0.25) is 0 Å². The molecule has 0 aliphatic carbocycles. The highest BCUT2D eigenvalue weighted by atomic mass is 16.5. The topological polar surface area (TPSA) is 39.9 Å². The lowest BCUT2D eigenvalue weighted by atomic mass is 10.1. The molecule has 2 aromatic heterocycles. The molecule has 0 saturated carbocycles. The van der Waals surface area contributed by atoms with Crippen LogP contribution < -0.4 is 4.74 Å². The van der Waals surface area contributed by atoms with E-state index in [0.29, 0.717) is 5.88 Å². The van der Waals surface area contributed by atoms with Crippen LogP contribution in [0.25, 0.3) is 11.0 Å². The van der Waals surface area contributed by atoms with Gasteiger partial charge in [0.1, 0.15) is 17.7 Å². The van der Waals surface area contributed by atoms with Gasteiger partial charge in [-0.25, -0.2) is 9.97 Å². The molecular weight excluding hydrogens is 262 g/mol. The van der Waals surface area contributed by atoms with Crippen molar-refractivity contribution >= 4 is 11.0 Å². The lowest BCUT2D eigenvalue weighted by Gasteiger charge is -2.08. The Morgan fingerprint density at radius 3 is 2.76 bits per heavy atom. The molecule has 0 spiro atoms. The molecule has 0 aliphatic heterocycles. The molecule has 1 aromatic carbocycles. The van der Waals surface area contributed by atoms with Crippen molar-refractivity contribution in [3.63, 3.8) is 0 Å². The molecule has 2 heterocycles. The summed E-state index contributed by atoms with van der Waals surface area (Å²) in [7, 11) is 2.00. The van der Waals surface area contributed by atoms with E-state index in [4.69, 9.17) is 4.74 Å². The van der Waals surface area contributed by atoms with Crippen molar-refractivity contribution in [2.75, 3.05) is 0 Å². The highest BCUT2D eigenvalue weighted by molar-refractivity contribution is 5.85. The molecule has 0 atom stereocenters. The fourth-order valence-electron chi connectivity index (χ4n) is 2.55. The van der Waals surface area contributed by atoms with E-state index in [0.717, 1.165) is 29.6 Å². The fourth-order valence-corrected chi connectivity index (χ4v) is 2.55. The van der Waals surface area contributed by atoms with E-state index in [2.05, 4.69) is 42.1 Å². The van der Waals surface area contributed by atoms with E-state index in [1.807, 2.05) is 23.7 Å². The third-order valence-corrected chi connectivity index (χ3v) is 3.70. The predicted molar refractivity (Wildman–Crippen MR) is 83.8 cm³/mol. The lowest BCUT2D eigenvalue weighted by molar-refractivity contribution is 0.467. The summed E-state index contributed by atoms with van der Waals surface area (Å²) in [6.07, 6.45) is 5.56. The van der Waals surface area contributed by atoms with Crippen LogP contribution in [0.5, 0.6) is 11.6 Å². The minimum absolute atomic E-state index is 0.630. The molecule has 0 unspecified atom stereocenters. The van der Waals surface area contributed by atoms with Crippen LogP contribution in [0.1, 0.15) is 25.0 Å². The first-order chi connectivity index (χ1) is 10.2. The Morgan fingerprint density at radius 1 is 1.14 bits per heavy atom. The number of aryl methyl sites for hydroxylation is 3. The van der Waals surface area contributed by atoms with Crippen LogP contribution in [-0.4, -0.2) is 14.5 Å². The molecule has 3 aromatic rings. The number of nitrogens with zero attached hydrogens (tertiary/aromatic N) is 3. The zero-order chi connectivity index (χ0) is 14.8. The summed E-state index contributed by atoms with van der Waals surface area (Å²) in [6, 6.07) is 8.13. The molecule has 21 heavy (non-hydrogen) atoms. The Kier molecular flexibility index (Phi) is 3.60. The number of hydrogen-bond donors (Lipinski definition) is 0. The monoisotopic (exact) mass is 281 g/mol. The number of benzene rings is 1. The smallest absolute Gasteiger partial charge is 0.232 e. The number of rotatable bonds is 4. The molecule has 0 radical (unpaired) electrons. The summed E-state index contributed by atoms with van der Waals surface area (Å²) < 4.78 is 8.04. The third kappa shape index (κ3) is 2.49. The van der Waals surface area contributed by atoms with Gasteiger partial charge in [-0.3, -0.25) is 0 Å². The summed E-state index contributed by atoms with van der Waals surface area (Å²) in [5, 5.41) is 1.00. The summed E-state index contributed by atoms with van der Waals surface area (Å²) in [5.41, 5.74) is 3.36. The van der Waals surface area contributed by atoms with Crippen LogP contribution in [0.4, 0.5) is 0 Å². The Hall–Kier alpha value is -2.36. The zero-order valence-electron chi connectivity index (χ0n) is 12.6. The number of aromatic nitrogens is 3. The first-order valence-corrected chi connectivity index (χ1v) is 7.28. The van der Waals surface area contributed by atoms with E-state index in [-0.39, 0.29) is 0 Å². The quantitative estimate of drug-likeness (QED) is 0.728. The van der Waals surface area contributed by atoms with Crippen molar-refractivity contribution in [1.29, 1.82) is 0 Å². The highest BCUT2D eigenvalue weighted by Gasteiger charge is 2.14. The Morgan fingerprint density at radius 2 is 2.00 bits per heavy atom. The average Bonchev–Trinajstić information content (AvgIpc) is 2.85. The molecule has 0 fully saturated rings. The van der Waals surface area contributed by atoms with Crippen LogP contribution >= 0.6 is 0 Å². The van der Waals surface area contributed by atoms with Gasteiger partial charge in [0.25, 0.3) is 0 Å². The van der Waals surface area contributed by atoms with E-state index < -0.39 is 0 Å². The SMILES string of the molecule is CCc1cccc(Oc2ncnc3c2c(CC)cn3C)c1. The summed E-state index contributed by atoms with van der Waals surface area (Å²) in [5.74, 6) is 1.45. The van der Waals surface area contributed by atoms with Gasteiger partial charge in [-0.15, -0.1) is 0 Å². The largest absolute Gasteiger partial charge is 0.438 e. The van der Waals surface area contributed by atoms with Crippen molar-refractivity contribution in [3.8, 4) is 11.6 Å². The first-order valence-electron chi connectivity index (χ1n) is 7.28. The first kappa shape index (κ1) is 13.6. The minimum Gasteiger partial charge on any atom is -0.438 e. The molecule has 0 bridgehead atoms. The van der Waals surface area contributed by atoms with Gasteiger partial charge in [-0.2, -0.15) is 0 Å². The third-order valence-electron chi connectivity index (χ3n) is 3.70. The van der Waals surface area contributed by atoms with Crippen LogP contribution in [0.3, 0.4) is 0 Å². The molecule has 0 N–H and O–H groups in total. The molecular formula is C17H19N3O. The zero-order valence-corrected chi connectivity index (χ0v) is 12.6. The van der Waals surface area contributed by atoms with Gasteiger partial charge in [0.05, 0.1) is 5.39 Å². The maximum Gasteiger partial charge on any atom is 0.232 e. The van der Waals surface area contributed by atoms with Gasteiger partial charge in [-0.05, 0) is 36.1 Å². The Labute approximate surface area is 124 Å². The van der Waals surface area contributed by atoms with Gasteiger partial charge < -0.3 is 9.30 Å². The van der Waals surface area contributed by atoms with Crippen molar-refractivity contribution in [3.05, 3.63) is 47.9 Å². The summed E-state index contributed by atoms with van der Waals surface area (Å²) in [4.78, 5) is 8.69. The molecule has 4 nitrogen and oxygen atoms in total. The van der Waals surface area contributed by atoms with E-state index in [1.165, 1.54) is 11.1 Å². The fraction of sp³-hybridized carbons (Fsp3) is 0.294. The summed E-state index contributed by atoms with van der Waals surface area (Å²) in [6.45, 7) is 4.26. The lowest BCUT2D eigenvalue weighted by Crippen LogP contribution is -1.94. The number of fused-ring (bicyclic) bond motifs is 1. The van der Waals surface area contributed by atoms with Crippen molar-refractivity contribution in [2.24, 2.45) is 7.05 Å². The molecule has 108 valence electrons. The van der Waals surface area contributed by atoms with Gasteiger partial charge in [0.15, 0.2) is 0 Å². The Bertz CT molecular complexity index is 777. The highest BCUT2D eigenvalue weighted by Crippen LogP contribution is 2.30. The molecule has 0 saturated heterocycles. The van der Waals surface area contributed by atoms with E-state index in [1.54, 1.807) is 6.33 Å². The maximum absolute atomic E-state index is 6.03. The second-order valence-corrected chi connectivity index (χ2v) is 5.10. The van der Waals surface area contributed by atoms with Crippen molar-refractivity contribution in [1.82, 2.24) is 14.5 Å². The van der Waals surface area contributed by atoms with Gasteiger partial charge in [0.2, 0.25) is 5.88 Å². The molecule has 3 rings (SSSR count). The summed E-state index contributed by atoms with van der Waals surface area (Å²) >= 11 is 0. The maximum atomic E-state index is 6.03. The predicted octanol–water partition coefficient (Wildman–Crippen LogP) is 3.89. The van der Waals surface area contributed by atoms with E-state index in [9.17, 15) is 0 Å². The molecule has 4 heteroatoms. The second-order valence-electron chi connectivity index (χ2n) is 5.10. The van der Waals surface area contributed by atoms with Gasteiger partial charge in [0, 0.05) is 13.2 Å². The van der Waals surface area contributed by atoms with Crippen LogP contribution in [0.15, 0.2) is 36.8 Å². The van der Waals surface area contributed by atoms with Gasteiger partial charge in [-0.1, -0.05) is 26.0 Å². The second kappa shape index (κ2) is 5.56. The average molecular weight is 281 g/mol. The van der Waals surface area contributed by atoms with Crippen LogP contribution in [-0.2, 0) is 19.9 Å². The Balaban J connectivity index is 2.07. The van der Waals surface area contributed by atoms with Crippen molar-refractivity contribution < 1.29 is 4.74 Å². The number of ether oxygens (including phenoxy) is 1. The van der Waals surface area contributed by atoms with Gasteiger partial charge >= 0.3 is 0 Å². The minimum atomic E-state index is 0.630. The number of hydrogen-bond acceptors (Lipinski definition) is 3. The normalized spacial score (nSPS) is 11.0. The standard InChI is InChI=1S/C17H19N3O/c1-4-12-7-6-8-14(9-12)21-17-15-13(5-2)10-20(3)16(15)18-11-19-17/h6-11H,4-5H2,1-3H3. The molecule has 0 aliphatic rings.